The van der Waals surface area contributed by atoms with E-state index in [1.165, 1.54) is 0 Å². The second kappa shape index (κ2) is 7.97. The van der Waals surface area contributed by atoms with Gasteiger partial charge in [-0.25, -0.2) is 0 Å². The standard InChI is InChI=1S/C11H23NO4/c1-15-5-6-16-9-11(14)7-12-4-2-3-10(12)8-13/h10-11,13-14H,2-9H2,1H3/t10-,11?/m1/s1. The van der Waals surface area contributed by atoms with Crippen molar-refractivity contribution in [1.29, 1.82) is 0 Å². The summed E-state index contributed by atoms with van der Waals surface area (Å²) in [5.74, 6) is 0. The Kier molecular flexibility index (Phi) is 6.91. The van der Waals surface area contributed by atoms with Crippen molar-refractivity contribution in [3.05, 3.63) is 0 Å². The zero-order valence-electron chi connectivity index (χ0n) is 9.97. The van der Waals surface area contributed by atoms with Crippen molar-refractivity contribution >= 4 is 0 Å². The summed E-state index contributed by atoms with van der Waals surface area (Å²) in [6.07, 6.45) is 1.64. The molecule has 2 atom stereocenters. The predicted octanol–water partition coefficient (Wildman–Crippen LogP) is -0.533. The summed E-state index contributed by atoms with van der Waals surface area (Å²) in [5.41, 5.74) is 0. The number of methoxy groups -OCH3 is 1. The Balaban J connectivity index is 2.10. The molecule has 0 amide bonds. The number of hydrogen-bond acceptors (Lipinski definition) is 5. The number of ether oxygens (including phenoxy) is 2. The number of rotatable bonds is 8. The molecule has 96 valence electrons. The molecule has 0 bridgehead atoms. The van der Waals surface area contributed by atoms with Crippen molar-refractivity contribution in [3.63, 3.8) is 0 Å². The lowest BCUT2D eigenvalue weighted by molar-refractivity contribution is -0.00492. The van der Waals surface area contributed by atoms with Crippen LogP contribution in [-0.2, 0) is 9.47 Å². The average molecular weight is 233 g/mol. The van der Waals surface area contributed by atoms with E-state index in [1.54, 1.807) is 7.11 Å². The minimum atomic E-state index is -0.482. The Labute approximate surface area is 97.0 Å². The van der Waals surface area contributed by atoms with Crippen LogP contribution in [0.5, 0.6) is 0 Å². The second-order valence-corrected chi connectivity index (χ2v) is 4.20. The lowest BCUT2D eigenvalue weighted by Crippen LogP contribution is -2.39. The number of aliphatic hydroxyl groups excluding tert-OH is 2. The fourth-order valence-corrected chi connectivity index (χ4v) is 2.03. The highest BCUT2D eigenvalue weighted by atomic mass is 16.5. The van der Waals surface area contributed by atoms with Gasteiger partial charge in [0.25, 0.3) is 0 Å². The van der Waals surface area contributed by atoms with E-state index in [2.05, 4.69) is 4.90 Å². The molecule has 0 aromatic carbocycles. The molecule has 5 heteroatoms. The van der Waals surface area contributed by atoms with E-state index in [-0.39, 0.29) is 12.6 Å². The molecule has 1 rings (SSSR count). The Bertz CT molecular complexity index is 179. The van der Waals surface area contributed by atoms with E-state index >= 15 is 0 Å². The fraction of sp³-hybridized carbons (Fsp3) is 1.00. The van der Waals surface area contributed by atoms with Crippen LogP contribution in [-0.4, -0.2) is 73.9 Å². The molecular weight excluding hydrogens is 210 g/mol. The van der Waals surface area contributed by atoms with Gasteiger partial charge in [-0.3, -0.25) is 4.90 Å². The summed E-state index contributed by atoms with van der Waals surface area (Å²) < 4.78 is 10.1. The molecule has 2 N–H and O–H groups in total. The third-order valence-electron chi connectivity index (χ3n) is 2.90. The minimum Gasteiger partial charge on any atom is -0.395 e. The summed E-state index contributed by atoms with van der Waals surface area (Å²) in [5, 5.41) is 18.9. The molecule has 1 aliphatic heterocycles. The first-order valence-electron chi connectivity index (χ1n) is 5.87. The van der Waals surface area contributed by atoms with E-state index in [4.69, 9.17) is 14.6 Å². The summed E-state index contributed by atoms with van der Waals surface area (Å²) in [6.45, 7) is 3.11. The van der Waals surface area contributed by atoms with Crippen molar-refractivity contribution in [2.45, 2.75) is 25.0 Å². The van der Waals surface area contributed by atoms with Gasteiger partial charge in [0.15, 0.2) is 0 Å². The predicted molar refractivity (Wildman–Crippen MR) is 60.4 cm³/mol. The molecule has 0 radical (unpaired) electrons. The number of likely N-dealkylation sites (tertiary alicyclic amines) is 1. The van der Waals surface area contributed by atoms with E-state index in [0.29, 0.717) is 26.4 Å². The first-order chi connectivity index (χ1) is 7.77. The number of hydrogen-bond donors (Lipinski definition) is 2. The first-order valence-corrected chi connectivity index (χ1v) is 5.87. The summed E-state index contributed by atoms with van der Waals surface area (Å²) in [7, 11) is 1.62. The van der Waals surface area contributed by atoms with Crippen molar-refractivity contribution in [3.8, 4) is 0 Å². The number of aliphatic hydroxyl groups is 2. The summed E-state index contributed by atoms with van der Waals surface area (Å²) in [4.78, 5) is 2.13. The van der Waals surface area contributed by atoms with E-state index in [1.807, 2.05) is 0 Å². The fourth-order valence-electron chi connectivity index (χ4n) is 2.03. The molecule has 0 spiro atoms. The van der Waals surface area contributed by atoms with Crippen LogP contribution in [0.25, 0.3) is 0 Å². The molecule has 1 fully saturated rings. The molecule has 0 aromatic heterocycles. The largest absolute Gasteiger partial charge is 0.395 e. The molecule has 1 saturated heterocycles. The smallest absolute Gasteiger partial charge is 0.0900 e. The Morgan fingerprint density at radius 2 is 2.25 bits per heavy atom. The molecule has 16 heavy (non-hydrogen) atoms. The van der Waals surface area contributed by atoms with Gasteiger partial charge in [0.2, 0.25) is 0 Å². The highest BCUT2D eigenvalue weighted by Crippen LogP contribution is 2.16. The van der Waals surface area contributed by atoms with Crippen LogP contribution in [0.2, 0.25) is 0 Å². The van der Waals surface area contributed by atoms with Gasteiger partial charge in [-0.05, 0) is 19.4 Å². The molecule has 1 unspecified atom stereocenters. The van der Waals surface area contributed by atoms with Gasteiger partial charge < -0.3 is 19.7 Å². The van der Waals surface area contributed by atoms with Gasteiger partial charge in [0, 0.05) is 19.7 Å². The highest BCUT2D eigenvalue weighted by Gasteiger charge is 2.25. The molecule has 1 heterocycles. The van der Waals surface area contributed by atoms with E-state index < -0.39 is 6.10 Å². The van der Waals surface area contributed by atoms with Crippen LogP contribution >= 0.6 is 0 Å². The number of nitrogens with zero attached hydrogens (tertiary/aromatic N) is 1. The van der Waals surface area contributed by atoms with Crippen LogP contribution in [0.15, 0.2) is 0 Å². The van der Waals surface area contributed by atoms with Crippen LogP contribution in [0, 0.1) is 0 Å². The van der Waals surface area contributed by atoms with Crippen LogP contribution in [0.1, 0.15) is 12.8 Å². The molecule has 0 aliphatic carbocycles. The topological polar surface area (TPSA) is 62.2 Å². The quantitative estimate of drug-likeness (QED) is 0.552. The maximum atomic E-state index is 9.73. The number of β-amino-alcohol motifs (C(OH)–C–C–N with tert-alkyl or cyclic N) is 1. The molecule has 0 aromatic rings. The van der Waals surface area contributed by atoms with Gasteiger partial charge in [-0.2, -0.15) is 0 Å². The van der Waals surface area contributed by atoms with Gasteiger partial charge in [-0.1, -0.05) is 0 Å². The normalized spacial score (nSPS) is 23.8. The summed E-state index contributed by atoms with van der Waals surface area (Å²) >= 11 is 0. The van der Waals surface area contributed by atoms with Crippen molar-refractivity contribution in [1.82, 2.24) is 4.90 Å². The molecule has 0 saturated carbocycles. The van der Waals surface area contributed by atoms with Gasteiger partial charge in [-0.15, -0.1) is 0 Å². The lowest BCUT2D eigenvalue weighted by atomic mass is 10.2. The third-order valence-corrected chi connectivity index (χ3v) is 2.90. The van der Waals surface area contributed by atoms with Gasteiger partial charge >= 0.3 is 0 Å². The van der Waals surface area contributed by atoms with E-state index in [0.717, 1.165) is 19.4 Å². The van der Waals surface area contributed by atoms with Gasteiger partial charge in [0.05, 0.1) is 32.5 Å². The van der Waals surface area contributed by atoms with Crippen LogP contribution in [0.3, 0.4) is 0 Å². The first kappa shape index (κ1) is 13.9. The molecular formula is C11H23NO4. The SMILES string of the molecule is COCCOCC(O)CN1CCC[C@@H]1CO. The Hall–Kier alpha value is -0.200. The summed E-state index contributed by atoms with van der Waals surface area (Å²) in [6, 6.07) is 0.216. The maximum absolute atomic E-state index is 9.73. The maximum Gasteiger partial charge on any atom is 0.0900 e. The highest BCUT2D eigenvalue weighted by molar-refractivity contribution is 4.80. The molecule has 1 aliphatic rings. The van der Waals surface area contributed by atoms with Crippen LogP contribution in [0.4, 0.5) is 0 Å². The van der Waals surface area contributed by atoms with Crippen molar-refractivity contribution in [2.24, 2.45) is 0 Å². The average Bonchev–Trinajstić information content (AvgIpc) is 2.71. The van der Waals surface area contributed by atoms with Crippen LogP contribution < -0.4 is 0 Å². The second-order valence-electron chi connectivity index (χ2n) is 4.20. The third kappa shape index (κ3) is 4.76. The Morgan fingerprint density at radius 1 is 1.44 bits per heavy atom. The molecule has 5 nitrogen and oxygen atoms in total. The zero-order chi connectivity index (χ0) is 11.8. The van der Waals surface area contributed by atoms with E-state index in [9.17, 15) is 5.11 Å². The monoisotopic (exact) mass is 233 g/mol. The lowest BCUT2D eigenvalue weighted by Gasteiger charge is -2.25. The zero-order valence-corrected chi connectivity index (χ0v) is 9.97. The van der Waals surface area contributed by atoms with Gasteiger partial charge in [0.1, 0.15) is 0 Å². The van der Waals surface area contributed by atoms with Crippen molar-refractivity contribution in [2.75, 3.05) is 46.6 Å². The minimum absolute atomic E-state index is 0.178. The Morgan fingerprint density at radius 3 is 2.94 bits per heavy atom. The van der Waals surface area contributed by atoms with Crippen molar-refractivity contribution < 1.29 is 19.7 Å².